The lowest BCUT2D eigenvalue weighted by molar-refractivity contribution is -0.119. The largest absolute Gasteiger partial charge is 0.452 e. The highest BCUT2D eigenvalue weighted by atomic mass is 35.5. The van der Waals surface area contributed by atoms with Gasteiger partial charge in [-0.15, -0.1) is 0 Å². The van der Waals surface area contributed by atoms with Crippen LogP contribution in [0.5, 0.6) is 0 Å². The van der Waals surface area contributed by atoms with E-state index in [1.165, 1.54) is 12.1 Å². The van der Waals surface area contributed by atoms with Gasteiger partial charge in [0.25, 0.3) is 5.91 Å². The molecule has 0 bridgehead atoms. The summed E-state index contributed by atoms with van der Waals surface area (Å²) < 4.78 is 20.6. The third kappa shape index (κ3) is 3.94. The molecule has 0 aliphatic rings. The molecule has 1 aromatic carbocycles. The van der Waals surface area contributed by atoms with Crippen molar-refractivity contribution in [2.24, 2.45) is 0 Å². The van der Waals surface area contributed by atoms with Crippen molar-refractivity contribution in [1.29, 1.82) is 0 Å². The third-order valence-corrected chi connectivity index (χ3v) is 3.88. The maximum absolute atomic E-state index is 13.6. The molecule has 2 rings (SSSR count). The number of aryl methyl sites for hydroxylation is 1. The van der Waals surface area contributed by atoms with Crippen LogP contribution in [0, 0.1) is 19.7 Å². The Hall–Kier alpha value is -2.34. The number of nitrogens with zero attached hydrogens (tertiary/aromatic N) is 1. The summed E-state index contributed by atoms with van der Waals surface area (Å²) in [6.07, 6.45) is 0. The van der Waals surface area contributed by atoms with Crippen molar-refractivity contribution in [3.8, 4) is 0 Å². The third-order valence-electron chi connectivity index (χ3n) is 3.65. The Balaban J connectivity index is 1.97. The van der Waals surface area contributed by atoms with E-state index in [9.17, 15) is 14.0 Å². The van der Waals surface area contributed by atoms with Crippen LogP contribution in [0.15, 0.2) is 24.3 Å². The van der Waals surface area contributed by atoms with Gasteiger partial charge in [-0.3, -0.25) is 4.79 Å². The number of carbonyl (C=O) groups is 2. The fraction of sp³-hybridized carbons (Fsp3) is 0.294. The van der Waals surface area contributed by atoms with Crippen molar-refractivity contribution < 1.29 is 18.7 Å². The van der Waals surface area contributed by atoms with E-state index >= 15 is 0 Å². The average Bonchev–Trinajstić information content (AvgIpc) is 2.82. The fourth-order valence-electron chi connectivity index (χ4n) is 2.48. The summed E-state index contributed by atoms with van der Waals surface area (Å²) in [6, 6.07) is 5.60. The van der Waals surface area contributed by atoms with Crippen LogP contribution in [0.4, 0.5) is 10.1 Å². The predicted molar refractivity (Wildman–Crippen MR) is 89.9 cm³/mol. The van der Waals surface area contributed by atoms with Crippen molar-refractivity contribution in [3.05, 3.63) is 52.1 Å². The number of benzene rings is 1. The summed E-state index contributed by atoms with van der Waals surface area (Å²) in [5.74, 6) is -1.88. The number of ether oxygens (including phenoxy) is 1. The van der Waals surface area contributed by atoms with Crippen LogP contribution in [0.1, 0.15) is 28.7 Å². The van der Waals surface area contributed by atoms with Gasteiger partial charge in [-0.2, -0.15) is 0 Å². The first-order chi connectivity index (χ1) is 11.3. The van der Waals surface area contributed by atoms with Gasteiger partial charge in [0.15, 0.2) is 6.61 Å². The van der Waals surface area contributed by atoms with E-state index in [0.717, 1.165) is 24.0 Å². The highest BCUT2D eigenvalue weighted by molar-refractivity contribution is 6.30. The molecule has 0 saturated heterocycles. The summed E-state index contributed by atoms with van der Waals surface area (Å²) in [5.41, 5.74) is 2.11. The second-order valence-corrected chi connectivity index (χ2v) is 5.71. The number of anilines is 1. The van der Waals surface area contributed by atoms with Crippen molar-refractivity contribution >= 4 is 29.2 Å². The molecule has 1 amide bonds. The Kier molecular flexibility index (Phi) is 5.62. The van der Waals surface area contributed by atoms with Gasteiger partial charge in [-0.1, -0.05) is 11.6 Å². The zero-order valence-electron chi connectivity index (χ0n) is 13.7. The van der Waals surface area contributed by atoms with Crippen LogP contribution >= 0.6 is 11.6 Å². The van der Waals surface area contributed by atoms with Crippen molar-refractivity contribution in [2.75, 3.05) is 11.9 Å². The molecule has 0 aliphatic heterocycles. The fourth-order valence-corrected chi connectivity index (χ4v) is 2.64. The molecule has 0 saturated carbocycles. The molecule has 0 unspecified atom stereocenters. The van der Waals surface area contributed by atoms with E-state index in [2.05, 4.69) is 5.32 Å². The average molecular weight is 353 g/mol. The molecule has 1 heterocycles. The first-order valence-corrected chi connectivity index (χ1v) is 7.80. The van der Waals surface area contributed by atoms with E-state index < -0.39 is 24.3 Å². The molecule has 128 valence electrons. The van der Waals surface area contributed by atoms with E-state index in [0.29, 0.717) is 5.56 Å². The lowest BCUT2D eigenvalue weighted by atomic mass is 10.2. The molecular weight excluding hydrogens is 335 g/mol. The lowest BCUT2D eigenvalue weighted by Gasteiger charge is -2.08. The minimum atomic E-state index is -0.659. The lowest BCUT2D eigenvalue weighted by Crippen LogP contribution is -2.21. The molecule has 7 heteroatoms. The maximum atomic E-state index is 13.6. The quantitative estimate of drug-likeness (QED) is 0.834. The topological polar surface area (TPSA) is 60.3 Å². The Morgan fingerprint density at radius 2 is 2.00 bits per heavy atom. The second-order valence-electron chi connectivity index (χ2n) is 5.28. The summed E-state index contributed by atoms with van der Waals surface area (Å²) in [6.45, 7) is 5.92. The van der Waals surface area contributed by atoms with Crippen LogP contribution < -0.4 is 5.32 Å². The molecule has 1 N–H and O–H groups in total. The van der Waals surface area contributed by atoms with Crippen LogP contribution in [0.3, 0.4) is 0 Å². The van der Waals surface area contributed by atoms with Crippen molar-refractivity contribution in [2.45, 2.75) is 27.3 Å². The second kappa shape index (κ2) is 7.49. The highest BCUT2D eigenvalue weighted by Crippen LogP contribution is 2.19. The first kappa shape index (κ1) is 18.0. The molecule has 0 radical (unpaired) electrons. The number of rotatable bonds is 5. The van der Waals surface area contributed by atoms with E-state index in [1.807, 2.05) is 25.3 Å². The van der Waals surface area contributed by atoms with Crippen LogP contribution in [-0.2, 0) is 16.1 Å². The summed E-state index contributed by atoms with van der Waals surface area (Å²) in [7, 11) is 0. The van der Waals surface area contributed by atoms with Crippen LogP contribution in [0.25, 0.3) is 0 Å². The van der Waals surface area contributed by atoms with Gasteiger partial charge >= 0.3 is 5.97 Å². The molecule has 0 atom stereocenters. The Morgan fingerprint density at radius 3 is 2.58 bits per heavy atom. The van der Waals surface area contributed by atoms with E-state index in [1.54, 1.807) is 6.07 Å². The zero-order valence-corrected chi connectivity index (χ0v) is 14.4. The van der Waals surface area contributed by atoms with Gasteiger partial charge in [0.05, 0.1) is 11.3 Å². The minimum Gasteiger partial charge on any atom is -0.452 e. The van der Waals surface area contributed by atoms with E-state index in [4.69, 9.17) is 16.3 Å². The predicted octanol–water partition coefficient (Wildman–Crippen LogP) is 3.71. The number of hydrogen-bond acceptors (Lipinski definition) is 3. The van der Waals surface area contributed by atoms with E-state index in [-0.39, 0.29) is 10.7 Å². The molecule has 2 aromatic rings. The summed E-state index contributed by atoms with van der Waals surface area (Å²) in [5, 5.41) is 2.56. The number of nitrogens with one attached hydrogen (secondary N) is 1. The normalized spacial score (nSPS) is 10.5. The number of carbonyl (C=O) groups excluding carboxylic acids is 2. The standard InChI is InChI=1S/C17H18ClFN2O3/c1-4-21-10(2)7-13(11(21)3)17(23)24-9-16(22)20-15-6-5-12(18)8-14(15)19/h5-8H,4,9H2,1-3H3,(H,20,22). The summed E-state index contributed by atoms with van der Waals surface area (Å²) in [4.78, 5) is 23.9. The Morgan fingerprint density at radius 1 is 1.29 bits per heavy atom. The number of esters is 1. The number of aromatic nitrogens is 1. The minimum absolute atomic E-state index is 0.0235. The molecular formula is C17H18ClFN2O3. The highest BCUT2D eigenvalue weighted by Gasteiger charge is 2.17. The first-order valence-electron chi connectivity index (χ1n) is 7.42. The Bertz CT molecular complexity index is 786. The molecule has 0 aliphatic carbocycles. The molecule has 5 nitrogen and oxygen atoms in total. The van der Waals surface area contributed by atoms with Gasteiger partial charge < -0.3 is 14.6 Å². The van der Waals surface area contributed by atoms with Gasteiger partial charge in [0.2, 0.25) is 0 Å². The van der Waals surface area contributed by atoms with Crippen LogP contribution in [-0.4, -0.2) is 23.1 Å². The van der Waals surface area contributed by atoms with Gasteiger partial charge in [0, 0.05) is 23.0 Å². The van der Waals surface area contributed by atoms with Crippen molar-refractivity contribution in [1.82, 2.24) is 4.57 Å². The van der Waals surface area contributed by atoms with Crippen molar-refractivity contribution in [3.63, 3.8) is 0 Å². The SMILES string of the molecule is CCn1c(C)cc(C(=O)OCC(=O)Nc2ccc(Cl)cc2F)c1C. The number of amides is 1. The Labute approximate surface area is 144 Å². The zero-order chi connectivity index (χ0) is 17.9. The molecule has 24 heavy (non-hydrogen) atoms. The van der Waals surface area contributed by atoms with Gasteiger partial charge in [-0.05, 0) is 45.0 Å². The maximum Gasteiger partial charge on any atom is 0.340 e. The number of hydrogen-bond donors (Lipinski definition) is 1. The summed E-state index contributed by atoms with van der Waals surface area (Å²) >= 11 is 5.64. The smallest absolute Gasteiger partial charge is 0.340 e. The number of halogens is 2. The molecule has 0 spiro atoms. The molecule has 1 aromatic heterocycles. The van der Waals surface area contributed by atoms with Crippen LogP contribution in [0.2, 0.25) is 5.02 Å². The van der Waals surface area contributed by atoms with Gasteiger partial charge in [-0.25, -0.2) is 9.18 Å². The monoisotopic (exact) mass is 352 g/mol. The molecule has 0 fully saturated rings. The van der Waals surface area contributed by atoms with Gasteiger partial charge in [0.1, 0.15) is 5.82 Å².